The fourth-order valence-electron chi connectivity index (χ4n) is 3.19. The van der Waals surface area contributed by atoms with Gasteiger partial charge in [0.2, 0.25) is 0 Å². The number of anilines is 1. The molecular formula is C16H22N4O2. The Morgan fingerprint density at radius 3 is 3.14 bits per heavy atom. The van der Waals surface area contributed by atoms with Crippen LogP contribution in [-0.2, 0) is 4.79 Å². The summed E-state index contributed by atoms with van der Waals surface area (Å²) in [6, 6.07) is 4.28. The van der Waals surface area contributed by atoms with Gasteiger partial charge in [-0.1, -0.05) is 0 Å². The first-order valence-electron chi connectivity index (χ1n) is 7.69. The molecule has 0 spiro atoms. The number of carbonyl (C=O) groups is 1. The molecule has 6 heteroatoms. The number of piperidine rings is 1. The number of hydrogen-bond donors (Lipinski definition) is 2. The second-order valence-corrected chi connectivity index (χ2v) is 5.94. The number of likely N-dealkylation sites (tertiary alicyclic amines) is 1. The minimum atomic E-state index is -0.929. The summed E-state index contributed by atoms with van der Waals surface area (Å²) < 4.78 is 0. The van der Waals surface area contributed by atoms with Crippen molar-refractivity contribution in [3.05, 3.63) is 24.5 Å². The van der Waals surface area contributed by atoms with Crippen molar-refractivity contribution in [2.45, 2.75) is 31.9 Å². The lowest BCUT2D eigenvalue weighted by Gasteiger charge is -2.39. The molecule has 1 aliphatic heterocycles. The Kier molecular flexibility index (Phi) is 4.02. The minimum Gasteiger partial charge on any atom is -0.384 e. The largest absolute Gasteiger partial charge is 0.384 e. The number of aliphatic hydroxyl groups is 1. The number of likely N-dealkylation sites (N-methyl/N-ethyl adjacent to an activating group) is 1. The molecule has 3 rings (SSSR count). The van der Waals surface area contributed by atoms with Crippen LogP contribution in [0.3, 0.4) is 0 Å². The van der Waals surface area contributed by atoms with E-state index in [-0.39, 0.29) is 11.9 Å². The number of pyridine rings is 1. The molecule has 0 radical (unpaired) electrons. The van der Waals surface area contributed by atoms with E-state index < -0.39 is 6.10 Å². The van der Waals surface area contributed by atoms with Crippen molar-refractivity contribution >= 4 is 22.6 Å². The van der Waals surface area contributed by atoms with Gasteiger partial charge in [0.1, 0.15) is 11.8 Å². The summed E-state index contributed by atoms with van der Waals surface area (Å²) in [4.78, 5) is 23.4. The molecule has 3 heterocycles. The van der Waals surface area contributed by atoms with Crippen LogP contribution in [0, 0.1) is 0 Å². The number of aromatic nitrogens is 2. The van der Waals surface area contributed by atoms with Gasteiger partial charge < -0.3 is 19.9 Å². The highest BCUT2D eigenvalue weighted by molar-refractivity contribution is 5.89. The van der Waals surface area contributed by atoms with Crippen LogP contribution in [0.25, 0.3) is 11.0 Å². The number of rotatable bonds is 3. The molecule has 118 valence electrons. The number of aliphatic hydroxyl groups excluding tert-OH is 1. The van der Waals surface area contributed by atoms with Gasteiger partial charge in [0.25, 0.3) is 5.91 Å². The van der Waals surface area contributed by atoms with E-state index in [0.717, 1.165) is 36.1 Å². The molecule has 2 atom stereocenters. The molecule has 1 amide bonds. The standard InChI is InChI=1S/C16H22N4O2/c1-11(21)16(22)20-9-3-4-12(10-20)19(2)14-6-8-18-15-13(14)5-7-17-15/h5-8,11-12,21H,3-4,9-10H2,1-2H3,(H,17,18)/t11-,12-/m1/s1. The fraction of sp³-hybridized carbons (Fsp3) is 0.500. The zero-order valence-electron chi connectivity index (χ0n) is 13.0. The molecule has 0 aliphatic carbocycles. The molecule has 2 aromatic rings. The number of nitrogens with one attached hydrogen (secondary N) is 1. The van der Waals surface area contributed by atoms with E-state index in [2.05, 4.69) is 21.9 Å². The molecule has 0 unspecified atom stereocenters. The fourth-order valence-corrected chi connectivity index (χ4v) is 3.19. The SMILES string of the molecule is C[C@@H](O)C(=O)N1CCC[C@@H](N(C)c2ccnc3[nH]ccc23)C1. The predicted molar refractivity (Wildman–Crippen MR) is 85.8 cm³/mol. The Morgan fingerprint density at radius 1 is 1.55 bits per heavy atom. The maximum absolute atomic E-state index is 12.0. The number of aromatic amines is 1. The van der Waals surface area contributed by atoms with Gasteiger partial charge in [-0.15, -0.1) is 0 Å². The summed E-state index contributed by atoms with van der Waals surface area (Å²) >= 11 is 0. The van der Waals surface area contributed by atoms with Gasteiger partial charge in [-0.3, -0.25) is 4.79 Å². The highest BCUT2D eigenvalue weighted by atomic mass is 16.3. The van der Waals surface area contributed by atoms with Crippen molar-refractivity contribution in [3.63, 3.8) is 0 Å². The number of nitrogens with zero attached hydrogens (tertiary/aromatic N) is 3. The molecular weight excluding hydrogens is 280 g/mol. The van der Waals surface area contributed by atoms with E-state index >= 15 is 0 Å². The summed E-state index contributed by atoms with van der Waals surface area (Å²) in [7, 11) is 2.06. The molecule has 6 nitrogen and oxygen atoms in total. The smallest absolute Gasteiger partial charge is 0.251 e. The number of carbonyl (C=O) groups excluding carboxylic acids is 1. The Bertz CT molecular complexity index is 667. The topological polar surface area (TPSA) is 72.5 Å². The number of hydrogen-bond acceptors (Lipinski definition) is 4. The maximum Gasteiger partial charge on any atom is 0.251 e. The Hall–Kier alpha value is -2.08. The average molecular weight is 302 g/mol. The van der Waals surface area contributed by atoms with Crippen molar-refractivity contribution < 1.29 is 9.90 Å². The lowest BCUT2D eigenvalue weighted by atomic mass is 10.0. The molecule has 1 fully saturated rings. The van der Waals surface area contributed by atoms with Crippen LogP contribution in [0.5, 0.6) is 0 Å². The van der Waals surface area contributed by atoms with Gasteiger partial charge >= 0.3 is 0 Å². The summed E-state index contributed by atoms with van der Waals surface area (Å²) in [5.41, 5.74) is 1.99. The summed E-state index contributed by atoms with van der Waals surface area (Å²) in [5, 5.41) is 10.6. The normalized spacial score (nSPS) is 20.1. The molecule has 2 aromatic heterocycles. The zero-order chi connectivity index (χ0) is 15.7. The summed E-state index contributed by atoms with van der Waals surface area (Å²) in [6.45, 7) is 2.90. The number of H-pyrrole nitrogens is 1. The van der Waals surface area contributed by atoms with Crippen molar-refractivity contribution in [2.75, 3.05) is 25.0 Å². The van der Waals surface area contributed by atoms with Gasteiger partial charge in [-0.25, -0.2) is 4.98 Å². The second-order valence-electron chi connectivity index (χ2n) is 5.94. The Labute approximate surface area is 129 Å². The molecule has 0 bridgehead atoms. The van der Waals surface area contributed by atoms with Crippen LogP contribution < -0.4 is 4.90 Å². The third kappa shape index (κ3) is 2.66. The van der Waals surface area contributed by atoms with E-state index in [0.29, 0.717) is 6.54 Å². The van der Waals surface area contributed by atoms with Gasteiger partial charge in [0.15, 0.2) is 0 Å². The van der Waals surface area contributed by atoms with Crippen LogP contribution in [0.4, 0.5) is 5.69 Å². The van der Waals surface area contributed by atoms with Gasteiger partial charge in [-0.2, -0.15) is 0 Å². The quantitative estimate of drug-likeness (QED) is 0.898. The minimum absolute atomic E-state index is 0.181. The van der Waals surface area contributed by atoms with E-state index in [4.69, 9.17) is 0 Å². The number of amides is 1. The van der Waals surface area contributed by atoms with Crippen molar-refractivity contribution in [1.82, 2.24) is 14.9 Å². The monoisotopic (exact) mass is 302 g/mol. The van der Waals surface area contributed by atoms with E-state index in [1.54, 1.807) is 11.1 Å². The van der Waals surface area contributed by atoms with Gasteiger partial charge in [-0.05, 0) is 31.9 Å². The highest BCUT2D eigenvalue weighted by Gasteiger charge is 2.28. The molecule has 22 heavy (non-hydrogen) atoms. The lowest BCUT2D eigenvalue weighted by molar-refractivity contribution is -0.140. The van der Waals surface area contributed by atoms with Gasteiger partial charge in [0.05, 0.1) is 0 Å². The van der Waals surface area contributed by atoms with E-state index in [1.165, 1.54) is 6.92 Å². The van der Waals surface area contributed by atoms with Crippen LogP contribution in [0.1, 0.15) is 19.8 Å². The van der Waals surface area contributed by atoms with Crippen LogP contribution >= 0.6 is 0 Å². The van der Waals surface area contributed by atoms with Crippen molar-refractivity contribution in [2.24, 2.45) is 0 Å². The van der Waals surface area contributed by atoms with Crippen molar-refractivity contribution in [1.29, 1.82) is 0 Å². The van der Waals surface area contributed by atoms with Crippen LogP contribution in [0.15, 0.2) is 24.5 Å². The zero-order valence-corrected chi connectivity index (χ0v) is 13.0. The highest BCUT2D eigenvalue weighted by Crippen LogP contribution is 2.27. The molecule has 1 saturated heterocycles. The van der Waals surface area contributed by atoms with E-state index in [1.807, 2.05) is 18.3 Å². The molecule has 2 N–H and O–H groups in total. The molecule has 0 saturated carbocycles. The lowest BCUT2D eigenvalue weighted by Crippen LogP contribution is -2.51. The molecule has 1 aliphatic rings. The first-order chi connectivity index (χ1) is 10.6. The Balaban J connectivity index is 1.81. The number of fused-ring (bicyclic) bond motifs is 1. The first-order valence-corrected chi connectivity index (χ1v) is 7.69. The van der Waals surface area contributed by atoms with Crippen molar-refractivity contribution in [3.8, 4) is 0 Å². The third-order valence-electron chi connectivity index (χ3n) is 4.43. The summed E-state index contributed by atoms with van der Waals surface area (Å²) in [6.07, 6.45) is 4.75. The van der Waals surface area contributed by atoms with Crippen LogP contribution in [0.2, 0.25) is 0 Å². The predicted octanol–water partition coefficient (Wildman–Crippen LogP) is 1.37. The van der Waals surface area contributed by atoms with Crippen LogP contribution in [-0.4, -0.2) is 58.2 Å². The van der Waals surface area contributed by atoms with Gasteiger partial charge in [0, 0.05) is 49.6 Å². The third-order valence-corrected chi connectivity index (χ3v) is 4.43. The van der Waals surface area contributed by atoms with E-state index in [9.17, 15) is 9.90 Å². The Morgan fingerprint density at radius 2 is 2.36 bits per heavy atom. The molecule has 0 aromatic carbocycles. The summed E-state index contributed by atoms with van der Waals surface area (Å²) in [5.74, 6) is -0.181. The second kappa shape index (κ2) is 5.96. The average Bonchev–Trinajstić information content (AvgIpc) is 3.02. The first kappa shape index (κ1) is 14.8. The maximum atomic E-state index is 12.0.